The summed E-state index contributed by atoms with van der Waals surface area (Å²) in [6.07, 6.45) is 0.202. The van der Waals surface area contributed by atoms with Gasteiger partial charge in [0, 0.05) is 12.0 Å². The summed E-state index contributed by atoms with van der Waals surface area (Å²) in [5.41, 5.74) is -0.260. The predicted molar refractivity (Wildman–Crippen MR) is 76.5 cm³/mol. The molecule has 1 atom stereocenters. The lowest BCUT2D eigenvalue weighted by Gasteiger charge is -2.20. The fraction of sp³-hybridized carbons (Fsp3) is 0.500. The number of benzene rings is 1. The van der Waals surface area contributed by atoms with Gasteiger partial charge < -0.3 is 9.47 Å². The minimum absolute atomic E-state index is 0.0263. The first-order valence-corrected chi connectivity index (χ1v) is 6.88. The quantitative estimate of drug-likeness (QED) is 0.745. The fourth-order valence-electron chi connectivity index (χ4n) is 1.92. The summed E-state index contributed by atoms with van der Waals surface area (Å²) in [7, 11) is 0. The second-order valence-electron chi connectivity index (χ2n) is 5.72. The summed E-state index contributed by atoms with van der Waals surface area (Å²) >= 11 is 0. The summed E-state index contributed by atoms with van der Waals surface area (Å²) in [6, 6.07) is 8.11. The van der Waals surface area contributed by atoms with Crippen LogP contribution in [0, 0.1) is 11.3 Å². The summed E-state index contributed by atoms with van der Waals surface area (Å²) in [5, 5.41) is 9.24. The highest BCUT2D eigenvalue weighted by Crippen LogP contribution is 2.30. The van der Waals surface area contributed by atoms with Crippen LogP contribution in [-0.2, 0) is 9.53 Å². The maximum atomic E-state index is 12.4. The molecule has 0 amide bonds. The molecule has 0 radical (unpaired) electrons. The first kappa shape index (κ1) is 17.9. The normalized spacial score (nSPS) is 12.6. The molecule has 0 heterocycles. The van der Waals surface area contributed by atoms with E-state index >= 15 is 0 Å². The molecule has 0 aliphatic carbocycles. The zero-order chi connectivity index (χ0) is 16.8. The number of para-hydroxylation sites is 1. The summed E-state index contributed by atoms with van der Waals surface area (Å²) < 4.78 is 34.4. The molecule has 22 heavy (non-hydrogen) atoms. The minimum Gasteiger partial charge on any atom is -0.460 e. The molecule has 0 saturated carbocycles. The molecular weight excluding hydrogens is 292 g/mol. The van der Waals surface area contributed by atoms with Crippen LogP contribution in [0.4, 0.5) is 8.78 Å². The third kappa shape index (κ3) is 6.08. The van der Waals surface area contributed by atoms with E-state index in [1.807, 2.05) is 6.07 Å². The maximum Gasteiger partial charge on any atom is 0.387 e. The SMILES string of the molecule is CC(C)(C)OC(=O)CCC(C#N)c1ccccc1OC(F)F. The summed E-state index contributed by atoms with van der Waals surface area (Å²) in [5.74, 6) is -1.20. The van der Waals surface area contributed by atoms with Crippen LogP contribution in [0.1, 0.15) is 45.1 Å². The number of rotatable bonds is 6. The number of ether oxygens (including phenoxy) is 2. The number of nitrogens with zero attached hydrogens (tertiary/aromatic N) is 1. The van der Waals surface area contributed by atoms with Gasteiger partial charge in [0.1, 0.15) is 11.4 Å². The Kier molecular flexibility index (Phi) is 6.29. The fourth-order valence-corrected chi connectivity index (χ4v) is 1.92. The smallest absolute Gasteiger partial charge is 0.387 e. The van der Waals surface area contributed by atoms with Gasteiger partial charge in [-0.1, -0.05) is 18.2 Å². The van der Waals surface area contributed by atoms with Crippen LogP contribution in [0.25, 0.3) is 0 Å². The Morgan fingerprint density at radius 2 is 1.95 bits per heavy atom. The van der Waals surface area contributed by atoms with Gasteiger partial charge in [-0.25, -0.2) is 0 Å². The molecule has 0 spiro atoms. The van der Waals surface area contributed by atoms with Crippen molar-refractivity contribution >= 4 is 5.97 Å². The van der Waals surface area contributed by atoms with E-state index in [0.29, 0.717) is 5.56 Å². The van der Waals surface area contributed by atoms with E-state index in [2.05, 4.69) is 4.74 Å². The summed E-state index contributed by atoms with van der Waals surface area (Å²) in [4.78, 5) is 11.7. The van der Waals surface area contributed by atoms with Crippen LogP contribution in [0.3, 0.4) is 0 Å². The largest absolute Gasteiger partial charge is 0.460 e. The number of hydrogen-bond acceptors (Lipinski definition) is 4. The highest BCUT2D eigenvalue weighted by Gasteiger charge is 2.21. The van der Waals surface area contributed by atoms with Crippen molar-refractivity contribution in [2.45, 2.75) is 51.7 Å². The van der Waals surface area contributed by atoms with Crippen LogP contribution in [0.2, 0.25) is 0 Å². The molecule has 0 saturated heterocycles. The Balaban J connectivity index is 2.77. The lowest BCUT2D eigenvalue weighted by atomic mass is 9.95. The van der Waals surface area contributed by atoms with Gasteiger partial charge in [0.2, 0.25) is 0 Å². The molecule has 1 aromatic carbocycles. The first-order chi connectivity index (χ1) is 10.2. The van der Waals surface area contributed by atoms with E-state index in [-0.39, 0.29) is 18.6 Å². The van der Waals surface area contributed by atoms with Crippen LogP contribution < -0.4 is 4.74 Å². The number of alkyl halides is 2. The summed E-state index contributed by atoms with van der Waals surface area (Å²) in [6.45, 7) is 2.28. The van der Waals surface area contributed by atoms with Crippen LogP contribution in [0.5, 0.6) is 5.75 Å². The third-order valence-electron chi connectivity index (χ3n) is 2.72. The van der Waals surface area contributed by atoms with Crippen molar-refractivity contribution in [1.82, 2.24) is 0 Å². The number of carbonyl (C=O) groups excluding carboxylic acids is 1. The van der Waals surface area contributed by atoms with Crippen LogP contribution >= 0.6 is 0 Å². The Morgan fingerprint density at radius 3 is 2.50 bits per heavy atom. The maximum absolute atomic E-state index is 12.4. The molecule has 4 nitrogen and oxygen atoms in total. The van der Waals surface area contributed by atoms with Gasteiger partial charge in [0.25, 0.3) is 0 Å². The second kappa shape index (κ2) is 7.74. The topological polar surface area (TPSA) is 59.3 Å². The number of hydrogen-bond donors (Lipinski definition) is 0. The molecule has 0 aliphatic rings. The molecule has 0 fully saturated rings. The molecule has 1 aromatic rings. The van der Waals surface area contributed by atoms with Crippen molar-refractivity contribution in [3.05, 3.63) is 29.8 Å². The first-order valence-electron chi connectivity index (χ1n) is 6.88. The Labute approximate surface area is 128 Å². The Bertz CT molecular complexity index is 547. The van der Waals surface area contributed by atoms with Crippen molar-refractivity contribution in [3.63, 3.8) is 0 Å². The van der Waals surface area contributed by atoms with Gasteiger partial charge >= 0.3 is 12.6 Å². The zero-order valence-corrected chi connectivity index (χ0v) is 12.8. The molecule has 120 valence electrons. The molecular formula is C16H19F2NO3. The molecule has 0 aliphatic heterocycles. The van der Waals surface area contributed by atoms with Gasteiger partial charge in [0.15, 0.2) is 0 Å². The molecule has 0 N–H and O–H groups in total. The van der Waals surface area contributed by atoms with Gasteiger partial charge in [-0.15, -0.1) is 0 Å². The number of nitriles is 1. The van der Waals surface area contributed by atoms with Gasteiger partial charge in [0.05, 0.1) is 12.0 Å². The Morgan fingerprint density at radius 1 is 1.32 bits per heavy atom. The van der Waals surface area contributed by atoms with Crippen molar-refractivity contribution in [3.8, 4) is 11.8 Å². The molecule has 0 aromatic heterocycles. The number of carbonyl (C=O) groups is 1. The van der Waals surface area contributed by atoms with Gasteiger partial charge in [-0.05, 0) is 33.3 Å². The van der Waals surface area contributed by atoms with E-state index in [0.717, 1.165) is 0 Å². The second-order valence-corrected chi connectivity index (χ2v) is 5.72. The zero-order valence-electron chi connectivity index (χ0n) is 12.8. The molecule has 1 rings (SSSR count). The van der Waals surface area contributed by atoms with Crippen molar-refractivity contribution in [2.75, 3.05) is 0 Å². The highest BCUT2D eigenvalue weighted by atomic mass is 19.3. The standard InChI is InChI=1S/C16H19F2NO3/c1-16(2,3)22-14(20)9-8-11(10-19)12-6-4-5-7-13(12)21-15(17)18/h4-7,11,15H,8-9H2,1-3H3. The minimum atomic E-state index is -2.97. The lowest BCUT2D eigenvalue weighted by molar-refractivity contribution is -0.154. The predicted octanol–water partition coefficient (Wildman–Crippen LogP) is 4.02. The van der Waals surface area contributed by atoms with Crippen molar-refractivity contribution in [1.29, 1.82) is 5.26 Å². The average molecular weight is 311 g/mol. The van der Waals surface area contributed by atoms with E-state index in [4.69, 9.17) is 4.74 Å². The van der Waals surface area contributed by atoms with E-state index in [1.54, 1.807) is 39.0 Å². The van der Waals surface area contributed by atoms with Crippen LogP contribution in [0.15, 0.2) is 24.3 Å². The van der Waals surface area contributed by atoms with E-state index in [9.17, 15) is 18.8 Å². The molecule has 1 unspecified atom stereocenters. The lowest BCUT2D eigenvalue weighted by Crippen LogP contribution is -2.24. The highest BCUT2D eigenvalue weighted by molar-refractivity contribution is 5.70. The molecule has 6 heteroatoms. The van der Waals surface area contributed by atoms with Gasteiger partial charge in [-0.3, -0.25) is 4.79 Å². The average Bonchev–Trinajstić information content (AvgIpc) is 2.38. The van der Waals surface area contributed by atoms with E-state index < -0.39 is 24.1 Å². The van der Waals surface area contributed by atoms with Gasteiger partial charge in [-0.2, -0.15) is 14.0 Å². The molecule has 0 bridgehead atoms. The van der Waals surface area contributed by atoms with Crippen molar-refractivity contribution in [2.24, 2.45) is 0 Å². The monoisotopic (exact) mass is 311 g/mol. The van der Waals surface area contributed by atoms with Crippen LogP contribution in [-0.4, -0.2) is 18.2 Å². The Hall–Kier alpha value is -2.16. The van der Waals surface area contributed by atoms with Crippen molar-refractivity contribution < 1.29 is 23.0 Å². The number of esters is 1. The number of halogens is 2. The third-order valence-corrected chi connectivity index (χ3v) is 2.72. The van der Waals surface area contributed by atoms with E-state index in [1.165, 1.54) is 6.07 Å².